The van der Waals surface area contributed by atoms with Gasteiger partial charge in [0.25, 0.3) is 0 Å². The van der Waals surface area contributed by atoms with Gasteiger partial charge in [-0.05, 0) is 11.8 Å². The fourth-order valence-corrected chi connectivity index (χ4v) is 1.10. The lowest BCUT2D eigenvalue weighted by atomic mass is 9.97. The Morgan fingerprint density at radius 1 is 1.31 bits per heavy atom. The highest BCUT2D eigenvalue weighted by Crippen LogP contribution is 2.10. The molecule has 0 fully saturated rings. The molecule has 0 aromatic heterocycles. The molecule has 0 saturated carbocycles. The predicted molar refractivity (Wildman–Crippen MR) is 62.3 cm³/mol. The van der Waals surface area contributed by atoms with Gasteiger partial charge in [0.2, 0.25) is 0 Å². The molecule has 5 nitrogen and oxygen atoms in total. The van der Waals surface area contributed by atoms with Gasteiger partial charge in [0, 0.05) is 6.54 Å². The lowest BCUT2D eigenvalue weighted by molar-refractivity contribution is -0.139. The zero-order chi connectivity index (χ0) is 12.8. The summed E-state index contributed by atoms with van der Waals surface area (Å²) in [6, 6.07) is -1.22. The number of rotatable bonds is 5. The molecule has 1 atom stereocenters. The van der Waals surface area contributed by atoms with Crippen LogP contribution in [0.1, 0.15) is 40.5 Å². The van der Waals surface area contributed by atoms with Gasteiger partial charge in [-0.25, -0.2) is 9.59 Å². The van der Waals surface area contributed by atoms with Crippen LogP contribution in [0.3, 0.4) is 0 Å². The Bertz CT molecular complexity index is 246. The number of aliphatic carboxylic acids is 1. The number of hydrogen-bond donors (Lipinski definition) is 3. The Balaban J connectivity index is 4.05. The molecule has 16 heavy (non-hydrogen) atoms. The number of carboxylic acids is 1. The van der Waals surface area contributed by atoms with Crippen LogP contribution in [0.25, 0.3) is 0 Å². The van der Waals surface area contributed by atoms with Crippen LogP contribution < -0.4 is 10.6 Å². The van der Waals surface area contributed by atoms with E-state index in [1.165, 1.54) is 0 Å². The van der Waals surface area contributed by atoms with Crippen molar-refractivity contribution in [1.29, 1.82) is 0 Å². The first-order valence-electron chi connectivity index (χ1n) is 5.53. The maximum atomic E-state index is 11.4. The van der Waals surface area contributed by atoms with E-state index in [9.17, 15) is 9.59 Å². The molecule has 0 bridgehead atoms. The maximum absolute atomic E-state index is 11.4. The molecular weight excluding hydrogens is 208 g/mol. The maximum Gasteiger partial charge on any atom is 0.326 e. The van der Waals surface area contributed by atoms with Crippen molar-refractivity contribution in [3.63, 3.8) is 0 Å². The average molecular weight is 230 g/mol. The molecule has 0 unspecified atom stereocenters. The molecule has 0 aliphatic rings. The van der Waals surface area contributed by atoms with Crippen molar-refractivity contribution in [3.8, 4) is 0 Å². The summed E-state index contributed by atoms with van der Waals surface area (Å²) in [4.78, 5) is 22.2. The number of carbonyl (C=O) groups excluding carboxylic acids is 1. The molecule has 2 amide bonds. The molecule has 0 radical (unpaired) electrons. The minimum Gasteiger partial charge on any atom is -0.480 e. The zero-order valence-corrected chi connectivity index (χ0v) is 10.5. The van der Waals surface area contributed by atoms with Gasteiger partial charge in [-0.1, -0.05) is 34.1 Å². The van der Waals surface area contributed by atoms with E-state index in [1.54, 1.807) is 0 Å². The van der Waals surface area contributed by atoms with Gasteiger partial charge in [0.05, 0.1) is 0 Å². The van der Waals surface area contributed by atoms with Crippen molar-refractivity contribution in [1.82, 2.24) is 10.6 Å². The second kappa shape index (κ2) is 6.35. The van der Waals surface area contributed by atoms with E-state index in [-0.39, 0.29) is 5.41 Å². The molecule has 0 heterocycles. The molecule has 0 saturated heterocycles. The second-order valence-corrected chi connectivity index (χ2v) is 5.07. The van der Waals surface area contributed by atoms with Crippen LogP contribution in [0, 0.1) is 5.41 Å². The van der Waals surface area contributed by atoms with Crippen LogP contribution in [0.4, 0.5) is 4.79 Å². The standard InChI is InChI=1S/C11H22N2O3/c1-5-6-8(9(14)15)13-10(16)12-7-11(2,3)4/h8H,5-7H2,1-4H3,(H,14,15)(H2,12,13,16)/t8-/m0/s1. The summed E-state index contributed by atoms with van der Waals surface area (Å²) >= 11 is 0. The fourth-order valence-electron chi connectivity index (χ4n) is 1.10. The first-order valence-corrected chi connectivity index (χ1v) is 5.53. The molecule has 0 spiro atoms. The SMILES string of the molecule is CCC[C@H](NC(=O)NCC(C)(C)C)C(=O)O. The number of urea groups is 1. The average Bonchev–Trinajstić information content (AvgIpc) is 2.13. The molecule has 94 valence electrons. The van der Waals surface area contributed by atoms with Crippen LogP contribution in [0.5, 0.6) is 0 Å². The molecule has 0 aromatic rings. The number of carboxylic acid groups (broad SMARTS) is 1. The summed E-state index contributed by atoms with van der Waals surface area (Å²) in [6.45, 7) is 8.37. The molecule has 0 aromatic carbocycles. The summed E-state index contributed by atoms with van der Waals surface area (Å²) in [5.74, 6) is -0.993. The third kappa shape index (κ3) is 7.09. The molecule has 0 aliphatic heterocycles. The molecular formula is C11H22N2O3. The molecule has 3 N–H and O–H groups in total. The highest BCUT2D eigenvalue weighted by molar-refractivity contribution is 5.82. The number of nitrogens with one attached hydrogen (secondary N) is 2. The minimum absolute atomic E-state index is 0.0131. The van der Waals surface area contributed by atoms with Crippen LogP contribution in [0.2, 0.25) is 0 Å². The molecule has 5 heteroatoms. The van der Waals surface area contributed by atoms with Gasteiger partial charge in [0.1, 0.15) is 6.04 Å². The third-order valence-corrected chi connectivity index (χ3v) is 1.96. The Morgan fingerprint density at radius 2 is 1.88 bits per heavy atom. The summed E-state index contributed by atoms with van der Waals surface area (Å²) in [7, 11) is 0. The smallest absolute Gasteiger partial charge is 0.326 e. The van der Waals surface area contributed by atoms with Crippen LogP contribution in [-0.4, -0.2) is 29.7 Å². The van der Waals surface area contributed by atoms with E-state index in [4.69, 9.17) is 5.11 Å². The second-order valence-electron chi connectivity index (χ2n) is 5.07. The quantitative estimate of drug-likeness (QED) is 0.671. The number of carbonyl (C=O) groups is 2. The van der Waals surface area contributed by atoms with E-state index in [0.29, 0.717) is 13.0 Å². The van der Waals surface area contributed by atoms with E-state index in [1.807, 2.05) is 27.7 Å². The van der Waals surface area contributed by atoms with E-state index >= 15 is 0 Å². The lowest BCUT2D eigenvalue weighted by Crippen LogP contribution is -2.47. The highest BCUT2D eigenvalue weighted by Gasteiger charge is 2.19. The monoisotopic (exact) mass is 230 g/mol. The Kier molecular flexibility index (Phi) is 5.85. The van der Waals surface area contributed by atoms with Gasteiger partial charge in [-0.2, -0.15) is 0 Å². The summed E-state index contributed by atoms with van der Waals surface area (Å²) in [5.41, 5.74) is -0.0131. The van der Waals surface area contributed by atoms with E-state index < -0.39 is 18.0 Å². The number of amides is 2. The Labute approximate surface area is 96.6 Å². The van der Waals surface area contributed by atoms with Crippen molar-refractivity contribution in [2.24, 2.45) is 5.41 Å². The largest absolute Gasteiger partial charge is 0.480 e. The van der Waals surface area contributed by atoms with Crippen molar-refractivity contribution >= 4 is 12.0 Å². The van der Waals surface area contributed by atoms with Crippen molar-refractivity contribution < 1.29 is 14.7 Å². The predicted octanol–water partition coefficient (Wildman–Crippen LogP) is 1.59. The van der Waals surface area contributed by atoms with Crippen molar-refractivity contribution in [2.75, 3.05) is 6.54 Å². The molecule has 0 rings (SSSR count). The van der Waals surface area contributed by atoms with Crippen molar-refractivity contribution in [2.45, 2.75) is 46.6 Å². The summed E-state index contributed by atoms with van der Waals surface area (Å²) in [5, 5.41) is 13.9. The van der Waals surface area contributed by atoms with Gasteiger partial charge in [0.15, 0.2) is 0 Å². The van der Waals surface area contributed by atoms with Gasteiger partial charge < -0.3 is 15.7 Å². The fraction of sp³-hybridized carbons (Fsp3) is 0.818. The minimum atomic E-state index is -0.993. The normalized spacial score (nSPS) is 13.0. The topological polar surface area (TPSA) is 78.4 Å². The Morgan fingerprint density at radius 3 is 2.25 bits per heavy atom. The Hall–Kier alpha value is -1.26. The first-order chi connectivity index (χ1) is 7.26. The van der Waals surface area contributed by atoms with Gasteiger partial charge in [-0.3, -0.25) is 0 Å². The van der Waals surface area contributed by atoms with E-state index in [0.717, 1.165) is 6.42 Å². The zero-order valence-electron chi connectivity index (χ0n) is 10.5. The number of hydrogen-bond acceptors (Lipinski definition) is 2. The lowest BCUT2D eigenvalue weighted by Gasteiger charge is -2.20. The van der Waals surface area contributed by atoms with Gasteiger partial charge in [-0.15, -0.1) is 0 Å². The molecule has 0 aliphatic carbocycles. The van der Waals surface area contributed by atoms with Crippen LogP contribution in [-0.2, 0) is 4.79 Å². The van der Waals surface area contributed by atoms with Gasteiger partial charge >= 0.3 is 12.0 Å². The summed E-state index contributed by atoms with van der Waals surface area (Å²) < 4.78 is 0. The van der Waals surface area contributed by atoms with E-state index in [2.05, 4.69) is 10.6 Å². The van der Waals surface area contributed by atoms with Crippen LogP contribution >= 0.6 is 0 Å². The first kappa shape index (κ1) is 14.7. The van der Waals surface area contributed by atoms with Crippen molar-refractivity contribution in [3.05, 3.63) is 0 Å². The third-order valence-electron chi connectivity index (χ3n) is 1.96. The van der Waals surface area contributed by atoms with Crippen LogP contribution in [0.15, 0.2) is 0 Å². The summed E-state index contributed by atoms with van der Waals surface area (Å²) in [6.07, 6.45) is 1.16. The highest BCUT2D eigenvalue weighted by atomic mass is 16.4.